The van der Waals surface area contributed by atoms with Gasteiger partial charge in [-0.1, -0.05) is 145 Å². The number of rotatable bonds is 35. The molecule has 0 aromatic heterocycles. The number of nitrogens with one attached hydrogen (secondary N) is 1. The molecule has 0 aromatic rings. The molecular formula is C42H78N2O8P+. The number of quaternary nitrogens is 1. The number of aliphatic hydroxyl groups excluding tert-OH is 3. The minimum Gasteiger partial charge on any atom is -0.389 e. The van der Waals surface area contributed by atoms with Gasteiger partial charge in [0.05, 0.1) is 52.1 Å². The number of amides is 1. The Morgan fingerprint density at radius 2 is 1.25 bits per heavy atom. The highest BCUT2D eigenvalue weighted by molar-refractivity contribution is 7.47. The van der Waals surface area contributed by atoms with Crippen molar-refractivity contribution in [1.82, 2.24) is 5.32 Å². The number of hydrogen-bond donors (Lipinski definition) is 5. The zero-order valence-corrected chi connectivity index (χ0v) is 34.8. The minimum atomic E-state index is -4.40. The van der Waals surface area contributed by atoms with Crippen LogP contribution in [0.4, 0.5) is 0 Å². The molecule has 0 saturated heterocycles. The van der Waals surface area contributed by atoms with E-state index in [0.29, 0.717) is 30.3 Å². The average molecular weight is 770 g/mol. The van der Waals surface area contributed by atoms with Crippen LogP contribution in [-0.4, -0.2) is 95.9 Å². The van der Waals surface area contributed by atoms with Gasteiger partial charge in [0.2, 0.25) is 5.91 Å². The lowest BCUT2D eigenvalue weighted by Crippen LogP contribution is -2.45. The molecule has 0 aliphatic heterocycles. The van der Waals surface area contributed by atoms with Crippen molar-refractivity contribution in [3.63, 3.8) is 0 Å². The third kappa shape index (κ3) is 35.6. The van der Waals surface area contributed by atoms with Crippen molar-refractivity contribution in [2.24, 2.45) is 0 Å². The van der Waals surface area contributed by atoms with Gasteiger partial charge in [0.25, 0.3) is 0 Å². The zero-order chi connectivity index (χ0) is 39.6. The molecule has 308 valence electrons. The summed E-state index contributed by atoms with van der Waals surface area (Å²) >= 11 is 0. The molecule has 1 amide bonds. The highest BCUT2D eigenvalue weighted by Gasteiger charge is 2.27. The van der Waals surface area contributed by atoms with Crippen LogP contribution in [-0.2, 0) is 18.4 Å². The lowest BCUT2D eigenvalue weighted by atomic mass is 10.1. The van der Waals surface area contributed by atoms with Gasteiger partial charge in [-0.3, -0.25) is 13.8 Å². The summed E-state index contributed by atoms with van der Waals surface area (Å²) in [5.74, 6) is -0.366. The van der Waals surface area contributed by atoms with Gasteiger partial charge in [-0.15, -0.1) is 0 Å². The average Bonchev–Trinajstić information content (AvgIpc) is 3.09. The van der Waals surface area contributed by atoms with Crippen LogP contribution in [0.5, 0.6) is 0 Å². The fourth-order valence-corrected chi connectivity index (χ4v) is 6.03. The topological polar surface area (TPSA) is 146 Å². The first kappa shape index (κ1) is 51.1. The summed E-state index contributed by atoms with van der Waals surface area (Å²) in [6.45, 7) is 4.51. The molecule has 0 spiro atoms. The van der Waals surface area contributed by atoms with E-state index >= 15 is 0 Å². The number of phosphoric ester groups is 1. The fraction of sp³-hybridized carbons (Fsp3) is 0.738. The predicted molar refractivity (Wildman–Crippen MR) is 219 cm³/mol. The number of hydrogen-bond acceptors (Lipinski definition) is 7. The van der Waals surface area contributed by atoms with Crippen molar-refractivity contribution in [2.75, 3.05) is 40.9 Å². The van der Waals surface area contributed by atoms with Crippen molar-refractivity contribution in [3.8, 4) is 0 Å². The maximum Gasteiger partial charge on any atom is 0.472 e. The molecule has 1 unspecified atom stereocenters. The SMILES string of the molecule is CCCCC/C=C\C[C@H](O)/C=C/C=C/C=C\[C@H](O)CCCC(=O)N[C@@H](COP(=O)(O)OCC[N+](C)(C)C)[C@H](O)/C=C/CCCCCCCCCCCC. The molecule has 5 atom stereocenters. The molecule has 5 N–H and O–H groups in total. The van der Waals surface area contributed by atoms with Gasteiger partial charge in [0, 0.05) is 6.42 Å². The molecule has 0 aliphatic carbocycles. The predicted octanol–water partition coefficient (Wildman–Crippen LogP) is 8.63. The maximum absolute atomic E-state index is 12.8. The molecule has 0 aliphatic rings. The normalized spacial score (nSPS) is 16.3. The Balaban J connectivity index is 4.80. The molecule has 53 heavy (non-hydrogen) atoms. The van der Waals surface area contributed by atoms with E-state index < -0.39 is 38.8 Å². The number of allylic oxidation sites excluding steroid dienone is 6. The fourth-order valence-electron chi connectivity index (χ4n) is 5.29. The van der Waals surface area contributed by atoms with Crippen LogP contribution in [0.1, 0.15) is 136 Å². The molecule has 0 bridgehead atoms. The Hall–Kier alpha value is -1.88. The number of unbranched alkanes of at least 4 members (excludes halogenated alkanes) is 13. The highest BCUT2D eigenvalue weighted by atomic mass is 31.2. The van der Waals surface area contributed by atoms with E-state index in [1.54, 1.807) is 42.5 Å². The summed E-state index contributed by atoms with van der Waals surface area (Å²) in [7, 11) is 1.40. The quantitative estimate of drug-likeness (QED) is 0.0142. The lowest BCUT2D eigenvalue weighted by molar-refractivity contribution is -0.870. The van der Waals surface area contributed by atoms with Gasteiger partial charge in [-0.25, -0.2) is 4.57 Å². The second kappa shape index (κ2) is 33.5. The van der Waals surface area contributed by atoms with Crippen LogP contribution in [0.15, 0.2) is 60.8 Å². The van der Waals surface area contributed by atoms with E-state index in [2.05, 4.69) is 25.2 Å². The zero-order valence-electron chi connectivity index (χ0n) is 34.0. The number of carbonyl (C=O) groups excluding carboxylic acids is 1. The summed E-state index contributed by atoms with van der Waals surface area (Å²) in [4.78, 5) is 23.0. The molecule has 0 heterocycles. The first-order valence-corrected chi connectivity index (χ1v) is 21.9. The summed E-state index contributed by atoms with van der Waals surface area (Å²) in [5, 5.41) is 34.0. The van der Waals surface area contributed by atoms with Crippen LogP contribution in [0.2, 0.25) is 0 Å². The van der Waals surface area contributed by atoms with E-state index in [9.17, 15) is 29.6 Å². The van der Waals surface area contributed by atoms with Crippen molar-refractivity contribution in [2.45, 2.75) is 160 Å². The molecule has 0 fully saturated rings. The second-order valence-electron chi connectivity index (χ2n) is 15.1. The Bertz CT molecular complexity index is 1090. The third-order valence-electron chi connectivity index (χ3n) is 8.67. The van der Waals surface area contributed by atoms with Gasteiger partial charge >= 0.3 is 7.82 Å². The molecule has 0 aromatic carbocycles. The molecule has 11 heteroatoms. The van der Waals surface area contributed by atoms with E-state index in [1.807, 2.05) is 33.3 Å². The maximum atomic E-state index is 12.8. The van der Waals surface area contributed by atoms with Crippen molar-refractivity contribution in [3.05, 3.63) is 60.8 Å². The van der Waals surface area contributed by atoms with Gasteiger partial charge in [0.1, 0.15) is 13.2 Å². The van der Waals surface area contributed by atoms with Crippen LogP contribution in [0.25, 0.3) is 0 Å². The van der Waals surface area contributed by atoms with Gasteiger partial charge in [0.15, 0.2) is 0 Å². The Morgan fingerprint density at radius 1 is 0.698 bits per heavy atom. The van der Waals surface area contributed by atoms with E-state index in [4.69, 9.17) is 9.05 Å². The van der Waals surface area contributed by atoms with Crippen LogP contribution < -0.4 is 5.32 Å². The summed E-state index contributed by atoms with van der Waals surface area (Å²) in [5.41, 5.74) is 0. The molecular weight excluding hydrogens is 691 g/mol. The Labute approximate surface area is 323 Å². The number of phosphoric acid groups is 1. The second-order valence-corrected chi connectivity index (χ2v) is 16.5. The minimum absolute atomic E-state index is 0.0130. The summed E-state index contributed by atoms with van der Waals surface area (Å²) in [6, 6.07) is -0.961. The van der Waals surface area contributed by atoms with Gasteiger partial charge < -0.3 is 30.0 Å². The molecule has 0 radical (unpaired) electrons. The lowest BCUT2D eigenvalue weighted by Gasteiger charge is -2.25. The number of nitrogens with zero attached hydrogens (tertiary/aromatic N) is 1. The van der Waals surface area contributed by atoms with Crippen LogP contribution >= 0.6 is 7.82 Å². The van der Waals surface area contributed by atoms with E-state index in [0.717, 1.165) is 25.7 Å². The molecule has 0 rings (SSSR count). The smallest absolute Gasteiger partial charge is 0.389 e. The van der Waals surface area contributed by atoms with Crippen molar-refractivity contribution < 1.29 is 43.1 Å². The largest absolute Gasteiger partial charge is 0.472 e. The van der Waals surface area contributed by atoms with Crippen LogP contribution in [0.3, 0.4) is 0 Å². The number of carbonyl (C=O) groups is 1. The van der Waals surface area contributed by atoms with E-state index in [1.165, 1.54) is 70.6 Å². The standard InChI is InChI=1S/C42H77N2O8P/c1-6-8-10-12-14-15-16-17-18-19-21-27-33-41(47)40(37-52-53(49,50)51-36-35-44(3,4)5)43-42(48)34-28-32-39(46)31-26-23-22-25-30-38(45)29-24-20-13-11-9-7-2/h20,22-27,30-31,33,38-41,45-47H,6-19,21,28-29,32,34-37H2,1-5H3,(H-,43,48,49,50)/p+1/b23-22+,24-20-,30-25+,31-26-,33-27+/t38-,39-,40-,41+/m0/s1. The summed E-state index contributed by atoms with van der Waals surface area (Å²) in [6.07, 6.45) is 34.8. The van der Waals surface area contributed by atoms with Gasteiger partial charge in [-0.2, -0.15) is 0 Å². The Morgan fingerprint density at radius 3 is 1.87 bits per heavy atom. The van der Waals surface area contributed by atoms with Crippen LogP contribution in [0, 0.1) is 0 Å². The summed E-state index contributed by atoms with van der Waals surface area (Å²) < 4.78 is 23.4. The molecule has 10 nitrogen and oxygen atoms in total. The van der Waals surface area contributed by atoms with E-state index in [-0.39, 0.29) is 18.9 Å². The number of aliphatic hydroxyl groups is 3. The molecule has 0 saturated carbocycles. The van der Waals surface area contributed by atoms with Crippen molar-refractivity contribution >= 4 is 13.7 Å². The monoisotopic (exact) mass is 770 g/mol. The highest BCUT2D eigenvalue weighted by Crippen LogP contribution is 2.43. The first-order valence-electron chi connectivity index (χ1n) is 20.4. The Kier molecular flexibility index (Phi) is 32.3. The number of likely N-dealkylation sites (N-methyl/N-ethyl adjacent to an activating group) is 1. The van der Waals surface area contributed by atoms with Crippen molar-refractivity contribution in [1.29, 1.82) is 0 Å². The van der Waals surface area contributed by atoms with Gasteiger partial charge in [-0.05, 0) is 44.9 Å². The third-order valence-corrected chi connectivity index (χ3v) is 9.66. The first-order chi connectivity index (χ1) is 25.3.